The number of carbonyl (C=O) groups excluding carboxylic acids is 1. The van der Waals surface area contributed by atoms with Crippen LogP contribution in [0.25, 0.3) is 0 Å². The van der Waals surface area contributed by atoms with Crippen LogP contribution in [-0.2, 0) is 4.79 Å². The fraction of sp³-hybridized carbons (Fsp3) is 0.650. The van der Waals surface area contributed by atoms with Gasteiger partial charge in [0.05, 0.1) is 18.8 Å². The van der Waals surface area contributed by atoms with Gasteiger partial charge in [-0.05, 0) is 57.3 Å². The molecular weight excluding hydrogens is 316 g/mol. The van der Waals surface area contributed by atoms with Crippen molar-refractivity contribution in [3.8, 4) is 5.75 Å². The van der Waals surface area contributed by atoms with Crippen molar-refractivity contribution in [2.45, 2.75) is 44.1 Å². The number of amides is 1. The Balaban J connectivity index is 1.40. The third-order valence-corrected chi connectivity index (χ3v) is 5.17. The monoisotopic (exact) mass is 346 g/mol. The molecule has 1 atom stereocenters. The van der Waals surface area contributed by atoms with Crippen LogP contribution in [0.2, 0.25) is 0 Å². The number of aliphatic hydroxyl groups is 1. The van der Waals surface area contributed by atoms with Gasteiger partial charge in [0.15, 0.2) is 0 Å². The van der Waals surface area contributed by atoms with E-state index >= 15 is 0 Å². The summed E-state index contributed by atoms with van der Waals surface area (Å²) in [5, 5.41) is 10.9. The van der Waals surface area contributed by atoms with Crippen LogP contribution < -0.4 is 4.74 Å². The fourth-order valence-electron chi connectivity index (χ4n) is 3.90. The summed E-state index contributed by atoms with van der Waals surface area (Å²) in [5.74, 6) is 0.976. The number of carbonyl (C=O) groups is 1. The molecule has 138 valence electrons. The zero-order valence-corrected chi connectivity index (χ0v) is 15.0. The molecule has 0 saturated carbocycles. The zero-order chi connectivity index (χ0) is 17.5. The first-order valence-corrected chi connectivity index (χ1v) is 9.55. The number of hydrogen-bond donors (Lipinski definition) is 1. The molecular formula is C20H30N2O3. The van der Waals surface area contributed by atoms with E-state index in [4.69, 9.17) is 4.74 Å². The van der Waals surface area contributed by atoms with E-state index in [1.54, 1.807) is 0 Å². The fourth-order valence-corrected chi connectivity index (χ4v) is 3.90. The second-order valence-electron chi connectivity index (χ2n) is 7.39. The lowest BCUT2D eigenvalue weighted by molar-refractivity contribution is -0.139. The van der Waals surface area contributed by atoms with Gasteiger partial charge in [-0.1, -0.05) is 18.2 Å². The first-order chi connectivity index (χ1) is 12.1. The van der Waals surface area contributed by atoms with Gasteiger partial charge in [-0.15, -0.1) is 0 Å². The molecule has 25 heavy (non-hydrogen) atoms. The maximum absolute atomic E-state index is 12.5. The van der Waals surface area contributed by atoms with Gasteiger partial charge in [-0.3, -0.25) is 4.79 Å². The van der Waals surface area contributed by atoms with E-state index in [0.29, 0.717) is 32.5 Å². The predicted molar refractivity (Wildman–Crippen MR) is 97.6 cm³/mol. The molecule has 1 aromatic rings. The molecule has 1 amide bonds. The summed E-state index contributed by atoms with van der Waals surface area (Å²) in [7, 11) is 0. The van der Waals surface area contributed by atoms with Crippen LogP contribution in [0.15, 0.2) is 30.3 Å². The Morgan fingerprint density at radius 2 is 1.88 bits per heavy atom. The Hall–Kier alpha value is -1.59. The minimum atomic E-state index is -0.737. The van der Waals surface area contributed by atoms with Crippen molar-refractivity contribution in [3.05, 3.63) is 30.3 Å². The Morgan fingerprint density at radius 3 is 2.64 bits per heavy atom. The van der Waals surface area contributed by atoms with Crippen LogP contribution in [0, 0.1) is 0 Å². The summed E-state index contributed by atoms with van der Waals surface area (Å²) in [5.41, 5.74) is -0.737. The molecule has 0 radical (unpaired) electrons. The second kappa shape index (κ2) is 8.68. The lowest BCUT2D eigenvalue weighted by Gasteiger charge is -2.41. The van der Waals surface area contributed by atoms with Gasteiger partial charge < -0.3 is 19.6 Å². The molecule has 0 unspecified atom stereocenters. The number of rotatable bonds is 7. The SMILES string of the molecule is O=C(CCCOc1ccccc1)N1CCC[C@](O)(CN2CCCC2)C1. The lowest BCUT2D eigenvalue weighted by Crippen LogP contribution is -2.55. The summed E-state index contributed by atoms with van der Waals surface area (Å²) in [6, 6.07) is 9.68. The van der Waals surface area contributed by atoms with Crippen LogP contribution in [-0.4, -0.2) is 65.7 Å². The van der Waals surface area contributed by atoms with Crippen molar-refractivity contribution in [3.63, 3.8) is 0 Å². The van der Waals surface area contributed by atoms with Crippen molar-refractivity contribution in [2.75, 3.05) is 39.3 Å². The number of piperidine rings is 1. The summed E-state index contributed by atoms with van der Waals surface area (Å²) in [6.45, 7) is 4.64. The summed E-state index contributed by atoms with van der Waals surface area (Å²) in [6.07, 6.45) is 5.31. The summed E-state index contributed by atoms with van der Waals surface area (Å²) >= 11 is 0. The first-order valence-electron chi connectivity index (χ1n) is 9.55. The van der Waals surface area contributed by atoms with E-state index < -0.39 is 5.60 Å². The minimum Gasteiger partial charge on any atom is -0.494 e. The van der Waals surface area contributed by atoms with Crippen LogP contribution in [0.1, 0.15) is 38.5 Å². The van der Waals surface area contributed by atoms with E-state index in [1.807, 2.05) is 35.2 Å². The molecule has 2 fully saturated rings. The molecule has 2 aliphatic rings. The predicted octanol–water partition coefficient (Wildman–Crippen LogP) is 2.29. The Bertz CT molecular complexity index is 545. The van der Waals surface area contributed by atoms with Gasteiger partial charge in [0.1, 0.15) is 5.75 Å². The zero-order valence-electron chi connectivity index (χ0n) is 15.0. The van der Waals surface area contributed by atoms with E-state index in [9.17, 15) is 9.90 Å². The van der Waals surface area contributed by atoms with Crippen LogP contribution in [0.3, 0.4) is 0 Å². The van der Waals surface area contributed by atoms with E-state index in [0.717, 1.165) is 38.2 Å². The minimum absolute atomic E-state index is 0.135. The topological polar surface area (TPSA) is 53.0 Å². The van der Waals surface area contributed by atoms with E-state index in [2.05, 4.69) is 4.90 Å². The highest BCUT2D eigenvalue weighted by molar-refractivity contribution is 5.76. The maximum Gasteiger partial charge on any atom is 0.222 e. The number of hydrogen-bond acceptors (Lipinski definition) is 4. The molecule has 0 aliphatic carbocycles. The van der Waals surface area contributed by atoms with Gasteiger partial charge in [-0.2, -0.15) is 0 Å². The van der Waals surface area contributed by atoms with Gasteiger partial charge >= 0.3 is 0 Å². The molecule has 2 saturated heterocycles. The largest absolute Gasteiger partial charge is 0.494 e. The standard InChI is InChI=1S/C20H30N2O3/c23-19(10-6-15-25-18-8-2-1-3-9-18)22-14-7-11-20(24,17-22)16-21-12-4-5-13-21/h1-3,8-9,24H,4-7,10-17H2/t20-/m0/s1. The molecule has 0 bridgehead atoms. The average molecular weight is 346 g/mol. The van der Waals surface area contributed by atoms with Gasteiger partial charge in [0.2, 0.25) is 5.91 Å². The highest BCUT2D eigenvalue weighted by Gasteiger charge is 2.36. The molecule has 2 aliphatic heterocycles. The van der Waals surface area contributed by atoms with Gasteiger partial charge in [0.25, 0.3) is 0 Å². The highest BCUT2D eigenvalue weighted by atomic mass is 16.5. The summed E-state index contributed by atoms with van der Waals surface area (Å²) < 4.78 is 5.65. The lowest BCUT2D eigenvalue weighted by atomic mass is 9.92. The highest BCUT2D eigenvalue weighted by Crippen LogP contribution is 2.24. The number of benzene rings is 1. The Labute approximate surface area is 150 Å². The number of likely N-dealkylation sites (tertiary alicyclic amines) is 2. The van der Waals surface area contributed by atoms with Crippen molar-refractivity contribution in [1.29, 1.82) is 0 Å². The third-order valence-electron chi connectivity index (χ3n) is 5.17. The first kappa shape index (κ1) is 18.2. The molecule has 1 aromatic carbocycles. The molecule has 5 nitrogen and oxygen atoms in total. The smallest absolute Gasteiger partial charge is 0.222 e. The average Bonchev–Trinajstić information content (AvgIpc) is 3.11. The van der Waals surface area contributed by atoms with Crippen molar-refractivity contribution in [1.82, 2.24) is 9.80 Å². The number of β-amino-alcohol motifs (C(OH)–C–C–N with tert-alkyl or cyclic N) is 1. The Kier molecular flexibility index (Phi) is 6.32. The maximum atomic E-state index is 12.5. The van der Waals surface area contributed by atoms with Crippen molar-refractivity contribution < 1.29 is 14.6 Å². The van der Waals surface area contributed by atoms with Crippen LogP contribution >= 0.6 is 0 Å². The Morgan fingerprint density at radius 1 is 1.12 bits per heavy atom. The van der Waals surface area contributed by atoms with E-state index in [1.165, 1.54) is 12.8 Å². The van der Waals surface area contributed by atoms with Gasteiger partial charge in [0, 0.05) is 19.5 Å². The molecule has 1 N–H and O–H groups in total. The van der Waals surface area contributed by atoms with E-state index in [-0.39, 0.29) is 5.91 Å². The molecule has 5 heteroatoms. The number of ether oxygens (including phenoxy) is 1. The van der Waals surface area contributed by atoms with Crippen molar-refractivity contribution in [2.24, 2.45) is 0 Å². The van der Waals surface area contributed by atoms with Crippen LogP contribution in [0.4, 0.5) is 0 Å². The normalized spacial score (nSPS) is 24.4. The summed E-state index contributed by atoms with van der Waals surface area (Å²) in [4.78, 5) is 16.7. The molecule has 0 aromatic heterocycles. The molecule has 3 rings (SSSR count). The number of nitrogens with zero attached hydrogens (tertiary/aromatic N) is 2. The van der Waals surface area contributed by atoms with Crippen molar-refractivity contribution >= 4 is 5.91 Å². The quantitative estimate of drug-likeness (QED) is 0.770. The second-order valence-corrected chi connectivity index (χ2v) is 7.39. The van der Waals surface area contributed by atoms with Gasteiger partial charge in [-0.25, -0.2) is 0 Å². The third kappa shape index (κ3) is 5.44. The van der Waals surface area contributed by atoms with Crippen LogP contribution in [0.5, 0.6) is 5.75 Å². The molecule has 2 heterocycles. The molecule has 0 spiro atoms. The number of para-hydroxylation sites is 1.